The molecule has 1 aliphatic heterocycles. The lowest BCUT2D eigenvalue weighted by Crippen LogP contribution is -2.22. The van der Waals surface area contributed by atoms with E-state index in [1.807, 2.05) is 0 Å². The predicted octanol–water partition coefficient (Wildman–Crippen LogP) is 3.91. The van der Waals surface area contributed by atoms with Crippen molar-refractivity contribution in [3.8, 4) is 23.0 Å². The second-order valence-electron chi connectivity index (χ2n) is 6.46. The number of rotatable bonds is 4. The first-order valence-electron chi connectivity index (χ1n) is 8.73. The summed E-state index contributed by atoms with van der Waals surface area (Å²) < 4.78 is 27.3. The highest BCUT2D eigenvalue weighted by molar-refractivity contribution is 6.30. The van der Waals surface area contributed by atoms with Gasteiger partial charge >= 0.3 is 5.97 Å². The molecule has 0 amide bonds. The van der Waals surface area contributed by atoms with Gasteiger partial charge in [0.15, 0.2) is 11.5 Å². The Balaban J connectivity index is 2.00. The largest absolute Gasteiger partial charge is 0.493 e. The number of carbonyl (C=O) groups excluding carboxylic acids is 1. The van der Waals surface area contributed by atoms with Crippen molar-refractivity contribution in [3.63, 3.8) is 0 Å². The Morgan fingerprint density at radius 1 is 1.03 bits per heavy atom. The number of hydrogen-bond acceptors (Lipinski definition) is 7. The summed E-state index contributed by atoms with van der Waals surface area (Å²) in [7, 11) is 4.54. The lowest BCUT2D eigenvalue weighted by molar-refractivity contribution is -0.135. The number of fused-ring (bicyclic) bond motifs is 3. The van der Waals surface area contributed by atoms with Gasteiger partial charge in [-0.2, -0.15) is 0 Å². The molecule has 150 valence electrons. The third kappa shape index (κ3) is 3.07. The Labute approximate surface area is 170 Å². The molecule has 0 fully saturated rings. The molecule has 1 aliphatic rings. The Bertz CT molecular complexity index is 1160. The zero-order valence-corrected chi connectivity index (χ0v) is 16.7. The Kier molecular flexibility index (Phi) is 4.84. The van der Waals surface area contributed by atoms with Crippen molar-refractivity contribution in [2.45, 2.75) is 12.3 Å². The lowest BCUT2D eigenvalue weighted by atomic mass is 9.85. The number of methoxy groups -OCH3 is 3. The summed E-state index contributed by atoms with van der Waals surface area (Å²) in [6.45, 7) is 0. The van der Waals surface area contributed by atoms with Crippen molar-refractivity contribution in [2.75, 3.05) is 21.3 Å². The third-order valence-corrected chi connectivity index (χ3v) is 5.19. The highest BCUT2D eigenvalue weighted by atomic mass is 35.5. The SMILES string of the molecule is COc1cc(C2CC(=O)Oc3ccc4c(=O)c(Cl)coc4c32)cc(OC)c1OC. The summed E-state index contributed by atoms with van der Waals surface area (Å²) in [4.78, 5) is 24.7. The van der Waals surface area contributed by atoms with E-state index in [0.29, 0.717) is 39.5 Å². The fourth-order valence-electron chi connectivity index (χ4n) is 3.62. The molecule has 0 spiro atoms. The van der Waals surface area contributed by atoms with E-state index >= 15 is 0 Å². The lowest BCUT2D eigenvalue weighted by Gasteiger charge is -2.26. The number of ether oxygens (including phenoxy) is 4. The Morgan fingerprint density at radius 2 is 1.72 bits per heavy atom. The molecule has 2 heterocycles. The predicted molar refractivity (Wildman–Crippen MR) is 106 cm³/mol. The number of benzene rings is 2. The van der Waals surface area contributed by atoms with Crippen LogP contribution < -0.4 is 24.4 Å². The number of hydrogen-bond donors (Lipinski definition) is 0. The average Bonchev–Trinajstić information content (AvgIpc) is 2.74. The summed E-state index contributed by atoms with van der Waals surface area (Å²) in [6.07, 6.45) is 1.24. The first-order valence-corrected chi connectivity index (χ1v) is 9.10. The molecule has 0 N–H and O–H groups in total. The molecule has 1 atom stereocenters. The zero-order chi connectivity index (χ0) is 20.7. The first-order chi connectivity index (χ1) is 14.0. The molecular weight excluding hydrogens is 400 g/mol. The summed E-state index contributed by atoms with van der Waals surface area (Å²) in [5, 5.41) is 0.293. The average molecular weight is 417 g/mol. The maximum absolute atomic E-state index is 12.4. The van der Waals surface area contributed by atoms with E-state index in [1.54, 1.807) is 18.2 Å². The quantitative estimate of drug-likeness (QED) is 0.471. The van der Waals surface area contributed by atoms with Crippen LogP contribution in [0.25, 0.3) is 11.0 Å². The normalized spacial score (nSPS) is 15.6. The van der Waals surface area contributed by atoms with E-state index in [9.17, 15) is 9.59 Å². The first kappa shape index (κ1) is 19.1. The number of esters is 1. The van der Waals surface area contributed by atoms with Gasteiger partial charge in [0.05, 0.1) is 33.1 Å². The second-order valence-corrected chi connectivity index (χ2v) is 6.86. The topological polar surface area (TPSA) is 84.2 Å². The van der Waals surface area contributed by atoms with Crippen LogP contribution in [-0.4, -0.2) is 27.3 Å². The van der Waals surface area contributed by atoms with Crippen molar-refractivity contribution < 1.29 is 28.2 Å². The van der Waals surface area contributed by atoms with E-state index in [0.717, 1.165) is 5.56 Å². The molecule has 0 radical (unpaired) electrons. The van der Waals surface area contributed by atoms with Gasteiger partial charge in [-0.15, -0.1) is 0 Å². The van der Waals surface area contributed by atoms with Gasteiger partial charge < -0.3 is 23.4 Å². The fraction of sp³-hybridized carbons (Fsp3) is 0.238. The standard InChI is InChI=1S/C21H17ClO7/c1-25-15-6-10(7-16(26-2)21(15)27-3)12-8-17(23)29-14-5-4-11-19(24)13(22)9-28-20(11)18(12)14/h4-7,9,12H,8H2,1-3H3. The molecule has 1 aromatic heterocycles. The van der Waals surface area contributed by atoms with Gasteiger partial charge in [-0.3, -0.25) is 9.59 Å². The monoisotopic (exact) mass is 416 g/mol. The summed E-state index contributed by atoms with van der Waals surface area (Å²) in [5.74, 6) is 0.825. The van der Waals surface area contributed by atoms with Crippen molar-refractivity contribution >= 4 is 28.5 Å². The zero-order valence-electron chi connectivity index (χ0n) is 15.9. The summed E-state index contributed by atoms with van der Waals surface area (Å²) in [6, 6.07) is 6.65. The van der Waals surface area contributed by atoms with Crippen LogP contribution in [0.15, 0.2) is 39.7 Å². The van der Waals surface area contributed by atoms with Crippen LogP contribution in [0, 0.1) is 0 Å². The van der Waals surface area contributed by atoms with Gasteiger partial charge in [-0.1, -0.05) is 11.6 Å². The molecule has 2 aromatic carbocycles. The van der Waals surface area contributed by atoms with Crippen LogP contribution >= 0.6 is 11.6 Å². The van der Waals surface area contributed by atoms with E-state index in [2.05, 4.69) is 0 Å². The van der Waals surface area contributed by atoms with Crippen LogP contribution in [-0.2, 0) is 4.79 Å². The molecule has 0 saturated carbocycles. The summed E-state index contributed by atoms with van der Waals surface area (Å²) in [5.41, 5.74) is 1.28. The van der Waals surface area contributed by atoms with Gasteiger partial charge in [0.1, 0.15) is 22.6 Å². The third-order valence-electron chi connectivity index (χ3n) is 4.93. The molecular formula is C21H17ClO7. The molecule has 7 nitrogen and oxygen atoms in total. The molecule has 0 aliphatic carbocycles. The van der Waals surface area contributed by atoms with Gasteiger partial charge in [0.2, 0.25) is 11.2 Å². The summed E-state index contributed by atoms with van der Waals surface area (Å²) >= 11 is 5.92. The molecule has 29 heavy (non-hydrogen) atoms. The Morgan fingerprint density at radius 3 is 2.34 bits per heavy atom. The highest BCUT2D eigenvalue weighted by Gasteiger charge is 2.33. The fourth-order valence-corrected chi connectivity index (χ4v) is 3.77. The van der Waals surface area contributed by atoms with E-state index in [4.69, 9.17) is 35.0 Å². The van der Waals surface area contributed by atoms with Gasteiger partial charge in [0, 0.05) is 11.5 Å². The second kappa shape index (κ2) is 7.33. The van der Waals surface area contributed by atoms with E-state index in [1.165, 1.54) is 33.7 Å². The maximum Gasteiger partial charge on any atom is 0.312 e. The van der Waals surface area contributed by atoms with Crippen molar-refractivity contribution in [1.29, 1.82) is 0 Å². The van der Waals surface area contributed by atoms with Crippen LogP contribution in [0.4, 0.5) is 0 Å². The van der Waals surface area contributed by atoms with Gasteiger partial charge in [0.25, 0.3) is 0 Å². The minimum Gasteiger partial charge on any atom is -0.493 e. The minimum atomic E-state index is -0.451. The maximum atomic E-state index is 12.4. The molecule has 0 bridgehead atoms. The molecule has 8 heteroatoms. The minimum absolute atomic E-state index is 0.0189. The van der Waals surface area contributed by atoms with Crippen molar-refractivity contribution in [3.05, 3.63) is 56.9 Å². The van der Waals surface area contributed by atoms with Crippen LogP contribution in [0.2, 0.25) is 5.02 Å². The van der Waals surface area contributed by atoms with E-state index < -0.39 is 11.9 Å². The van der Waals surface area contributed by atoms with Gasteiger partial charge in [-0.25, -0.2) is 0 Å². The molecule has 4 rings (SSSR count). The highest BCUT2D eigenvalue weighted by Crippen LogP contribution is 2.47. The molecule has 1 unspecified atom stereocenters. The molecule has 0 saturated heterocycles. The number of halogens is 1. The van der Waals surface area contributed by atoms with Crippen molar-refractivity contribution in [1.82, 2.24) is 0 Å². The van der Waals surface area contributed by atoms with Crippen molar-refractivity contribution in [2.24, 2.45) is 0 Å². The van der Waals surface area contributed by atoms with E-state index in [-0.39, 0.29) is 16.9 Å². The van der Waals surface area contributed by atoms with Crippen LogP contribution in [0.1, 0.15) is 23.5 Å². The van der Waals surface area contributed by atoms with Crippen LogP contribution in [0.3, 0.4) is 0 Å². The van der Waals surface area contributed by atoms with Gasteiger partial charge in [-0.05, 0) is 29.8 Å². The van der Waals surface area contributed by atoms with Crippen LogP contribution in [0.5, 0.6) is 23.0 Å². The number of carbonyl (C=O) groups is 1. The molecule has 3 aromatic rings. The Hall–Kier alpha value is -3.19. The smallest absolute Gasteiger partial charge is 0.312 e.